The first-order valence-corrected chi connectivity index (χ1v) is 10.3. The zero-order valence-electron chi connectivity index (χ0n) is 17.7. The Labute approximate surface area is 180 Å². The number of nitrogens with zero attached hydrogens (tertiary/aromatic N) is 1. The molecular formula is C23H27F3N2O3. The van der Waals surface area contributed by atoms with Gasteiger partial charge in [-0.25, -0.2) is 5.43 Å². The molecule has 0 heterocycles. The van der Waals surface area contributed by atoms with Gasteiger partial charge in [0.15, 0.2) is 11.5 Å². The van der Waals surface area contributed by atoms with Gasteiger partial charge in [0.05, 0.1) is 30.6 Å². The topological polar surface area (TPSA) is 59.9 Å². The number of alkyl halides is 3. The first kappa shape index (κ1) is 24.2. The van der Waals surface area contributed by atoms with Crippen molar-refractivity contribution in [3.05, 3.63) is 59.2 Å². The molecule has 0 saturated carbocycles. The van der Waals surface area contributed by atoms with Crippen LogP contribution in [0.15, 0.2) is 47.6 Å². The van der Waals surface area contributed by atoms with E-state index in [0.717, 1.165) is 37.8 Å². The number of halogens is 3. The molecule has 2 aromatic rings. The van der Waals surface area contributed by atoms with Crippen LogP contribution in [-0.4, -0.2) is 25.3 Å². The van der Waals surface area contributed by atoms with E-state index in [9.17, 15) is 18.0 Å². The van der Waals surface area contributed by atoms with Crippen molar-refractivity contribution in [1.82, 2.24) is 5.43 Å². The summed E-state index contributed by atoms with van der Waals surface area (Å²) in [5.74, 6) is 0.204. The molecule has 8 heteroatoms. The Balaban J connectivity index is 2.04. The number of ether oxygens (including phenoxy) is 2. The van der Waals surface area contributed by atoms with Crippen molar-refractivity contribution >= 4 is 12.1 Å². The van der Waals surface area contributed by atoms with Crippen molar-refractivity contribution in [2.24, 2.45) is 5.10 Å². The fourth-order valence-corrected chi connectivity index (χ4v) is 2.86. The van der Waals surface area contributed by atoms with Crippen LogP contribution >= 0.6 is 0 Å². The molecule has 0 aliphatic heterocycles. The van der Waals surface area contributed by atoms with Crippen molar-refractivity contribution in [1.29, 1.82) is 0 Å². The lowest BCUT2D eigenvalue weighted by Crippen LogP contribution is -2.22. The molecule has 0 saturated heterocycles. The number of nitrogens with one attached hydrogen (secondary N) is 1. The van der Waals surface area contributed by atoms with E-state index in [-0.39, 0.29) is 0 Å². The van der Waals surface area contributed by atoms with E-state index in [2.05, 4.69) is 17.5 Å². The minimum Gasteiger partial charge on any atom is -0.490 e. The molecule has 0 aliphatic carbocycles. The predicted molar refractivity (Wildman–Crippen MR) is 114 cm³/mol. The van der Waals surface area contributed by atoms with Crippen LogP contribution in [0, 0.1) is 0 Å². The number of hydrazone groups is 1. The Kier molecular flexibility index (Phi) is 9.37. The highest BCUT2D eigenvalue weighted by Crippen LogP contribution is 2.32. The van der Waals surface area contributed by atoms with Gasteiger partial charge in [0.1, 0.15) is 0 Å². The van der Waals surface area contributed by atoms with Gasteiger partial charge in [-0.15, -0.1) is 0 Å². The maximum atomic E-state index is 13.1. The van der Waals surface area contributed by atoms with Crippen molar-refractivity contribution in [3.8, 4) is 11.5 Å². The SMILES string of the molecule is CCCCCCOc1ccc(/C=N/NC(=O)c2ccccc2C(F)(F)F)cc1OCC. The summed E-state index contributed by atoms with van der Waals surface area (Å²) in [6.45, 7) is 5.02. The van der Waals surface area contributed by atoms with Crippen molar-refractivity contribution in [2.45, 2.75) is 45.7 Å². The van der Waals surface area contributed by atoms with Crippen LogP contribution in [0.3, 0.4) is 0 Å². The van der Waals surface area contributed by atoms with Crippen molar-refractivity contribution in [3.63, 3.8) is 0 Å². The lowest BCUT2D eigenvalue weighted by molar-refractivity contribution is -0.137. The van der Waals surface area contributed by atoms with Gasteiger partial charge in [0.25, 0.3) is 5.91 Å². The van der Waals surface area contributed by atoms with Gasteiger partial charge in [-0.3, -0.25) is 4.79 Å². The molecule has 2 aromatic carbocycles. The second kappa shape index (κ2) is 12.0. The molecule has 5 nitrogen and oxygen atoms in total. The molecule has 2 rings (SSSR count). The Morgan fingerprint density at radius 1 is 1.03 bits per heavy atom. The summed E-state index contributed by atoms with van der Waals surface area (Å²) in [4.78, 5) is 12.1. The minimum atomic E-state index is -4.63. The monoisotopic (exact) mass is 436 g/mol. The van der Waals surface area contributed by atoms with Gasteiger partial charge in [-0.1, -0.05) is 38.3 Å². The molecule has 0 bridgehead atoms. The lowest BCUT2D eigenvalue weighted by atomic mass is 10.1. The van der Waals surface area contributed by atoms with Crippen LogP contribution in [0.4, 0.5) is 13.2 Å². The number of hydrogen-bond donors (Lipinski definition) is 1. The van der Waals surface area contributed by atoms with Gasteiger partial charge in [-0.05, 0) is 49.2 Å². The van der Waals surface area contributed by atoms with Crippen molar-refractivity contribution < 1.29 is 27.4 Å². The average Bonchev–Trinajstić information content (AvgIpc) is 2.74. The molecule has 0 atom stereocenters. The second-order valence-corrected chi connectivity index (χ2v) is 6.79. The van der Waals surface area contributed by atoms with Gasteiger partial charge in [0.2, 0.25) is 0 Å². The highest BCUT2D eigenvalue weighted by molar-refractivity contribution is 5.96. The molecule has 0 radical (unpaired) electrons. The molecule has 0 spiro atoms. The lowest BCUT2D eigenvalue weighted by Gasteiger charge is -2.12. The van der Waals surface area contributed by atoms with E-state index in [4.69, 9.17) is 9.47 Å². The summed E-state index contributed by atoms with van der Waals surface area (Å²) < 4.78 is 50.6. The number of benzene rings is 2. The molecule has 0 aliphatic rings. The molecule has 0 aromatic heterocycles. The third-order valence-corrected chi connectivity index (χ3v) is 4.38. The summed E-state index contributed by atoms with van der Waals surface area (Å²) in [5, 5.41) is 3.78. The van der Waals surface area contributed by atoms with Gasteiger partial charge in [0, 0.05) is 0 Å². The zero-order valence-corrected chi connectivity index (χ0v) is 17.7. The fraction of sp³-hybridized carbons (Fsp3) is 0.391. The normalized spacial score (nSPS) is 11.5. The fourth-order valence-electron chi connectivity index (χ4n) is 2.86. The Bertz CT molecular complexity index is 883. The number of hydrogen-bond acceptors (Lipinski definition) is 4. The summed E-state index contributed by atoms with van der Waals surface area (Å²) >= 11 is 0. The molecule has 0 unspecified atom stereocenters. The molecular weight excluding hydrogens is 409 g/mol. The number of amides is 1. The number of rotatable bonds is 11. The molecule has 1 N–H and O–H groups in total. The van der Waals surface area contributed by atoms with E-state index < -0.39 is 23.2 Å². The Morgan fingerprint density at radius 2 is 1.81 bits per heavy atom. The van der Waals surface area contributed by atoms with Crippen LogP contribution in [0.1, 0.15) is 61.0 Å². The summed E-state index contributed by atoms with van der Waals surface area (Å²) in [6, 6.07) is 9.72. The first-order chi connectivity index (χ1) is 14.9. The second-order valence-electron chi connectivity index (χ2n) is 6.79. The first-order valence-electron chi connectivity index (χ1n) is 10.3. The van der Waals surface area contributed by atoms with E-state index in [1.807, 2.05) is 6.92 Å². The van der Waals surface area contributed by atoms with E-state index in [0.29, 0.717) is 30.3 Å². The predicted octanol–water partition coefficient (Wildman–Crippen LogP) is 5.83. The van der Waals surface area contributed by atoms with Crippen LogP contribution in [-0.2, 0) is 6.18 Å². The van der Waals surface area contributed by atoms with E-state index in [1.54, 1.807) is 18.2 Å². The average molecular weight is 436 g/mol. The standard InChI is InChI=1S/C23H27F3N2O3/c1-3-5-6-9-14-31-20-13-12-17(15-21(20)30-4-2)16-27-28-22(29)18-10-7-8-11-19(18)23(24,25)26/h7-8,10-13,15-16H,3-6,9,14H2,1-2H3,(H,28,29)/b27-16+. The van der Waals surface area contributed by atoms with Crippen LogP contribution in [0.2, 0.25) is 0 Å². The van der Waals surface area contributed by atoms with E-state index >= 15 is 0 Å². The number of carbonyl (C=O) groups is 1. The van der Waals surface area contributed by atoms with Gasteiger partial charge < -0.3 is 9.47 Å². The van der Waals surface area contributed by atoms with Crippen molar-refractivity contribution in [2.75, 3.05) is 13.2 Å². The largest absolute Gasteiger partial charge is 0.490 e. The van der Waals surface area contributed by atoms with Gasteiger partial charge >= 0.3 is 6.18 Å². The third kappa shape index (κ3) is 7.62. The highest BCUT2D eigenvalue weighted by atomic mass is 19.4. The summed E-state index contributed by atoms with van der Waals surface area (Å²) in [7, 11) is 0. The quantitative estimate of drug-likeness (QED) is 0.274. The molecule has 31 heavy (non-hydrogen) atoms. The number of carbonyl (C=O) groups excluding carboxylic acids is 1. The molecule has 1 amide bonds. The maximum Gasteiger partial charge on any atom is 0.417 e. The minimum absolute atomic E-state index is 0.442. The summed E-state index contributed by atoms with van der Waals surface area (Å²) in [6.07, 6.45) is 1.07. The smallest absolute Gasteiger partial charge is 0.417 e. The van der Waals surface area contributed by atoms with E-state index in [1.165, 1.54) is 18.3 Å². The van der Waals surface area contributed by atoms with Gasteiger partial charge in [-0.2, -0.15) is 18.3 Å². The molecule has 168 valence electrons. The third-order valence-electron chi connectivity index (χ3n) is 4.38. The molecule has 0 fully saturated rings. The Hall–Kier alpha value is -3.03. The van der Waals surface area contributed by atoms with Crippen LogP contribution in [0.25, 0.3) is 0 Å². The highest BCUT2D eigenvalue weighted by Gasteiger charge is 2.34. The van der Waals surface area contributed by atoms with Crippen LogP contribution in [0.5, 0.6) is 11.5 Å². The van der Waals surface area contributed by atoms with Crippen LogP contribution < -0.4 is 14.9 Å². The number of unbranched alkanes of at least 4 members (excludes halogenated alkanes) is 3. The zero-order chi connectivity index (χ0) is 22.7. The summed E-state index contributed by atoms with van der Waals surface area (Å²) in [5.41, 5.74) is 1.24. The Morgan fingerprint density at radius 3 is 2.52 bits per heavy atom. The maximum absolute atomic E-state index is 13.1.